The predicted molar refractivity (Wildman–Crippen MR) is 89.9 cm³/mol. The SMILES string of the molecule is Clc1ccc(C2=NNC(=NC[C@@H]3CCCO3)SC2)c(Cl)c1. The smallest absolute Gasteiger partial charge is 0.177 e. The molecule has 0 spiro atoms. The van der Waals surface area contributed by atoms with Crippen molar-refractivity contribution in [2.24, 2.45) is 10.1 Å². The summed E-state index contributed by atoms with van der Waals surface area (Å²) >= 11 is 13.7. The molecular weight excluding hydrogens is 329 g/mol. The first kappa shape index (κ1) is 15.2. The molecule has 0 radical (unpaired) electrons. The number of nitrogens with one attached hydrogen (secondary N) is 1. The monoisotopic (exact) mass is 343 g/mol. The standard InChI is InChI=1S/C14H15Cl2N3OS/c15-9-3-4-11(12(16)6-9)13-8-21-14(19-18-13)17-7-10-2-1-5-20-10/h3-4,6,10H,1-2,5,7-8H2,(H,17,19)/t10-/m0/s1. The van der Waals surface area contributed by atoms with Crippen molar-refractivity contribution in [3.63, 3.8) is 0 Å². The molecule has 1 atom stereocenters. The molecule has 3 rings (SSSR count). The summed E-state index contributed by atoms with van der Waals surface area (Å²) in [7, 11) is 0. The largest absolute Gasteiger partial charge is 0.376 e. The van der Waals surface area contributed by atoms with Crippen LogP contribution >= 0.6 is 35.0 Å². The normalized spacial score (nSPS) is 24.0. The van der Waals surface area contributed by atoms with Gasteiger partial charge in [-0.15, -0.1) is 0 Å². The van der Waals surface area contributed by atoms with Gasteiger partial charge in [-0.2, -0.15) is 5.10 Å². The van der Waals surface area contributed by atoms with Crippen molar-refractivity contribution in [3.05, 3.63) is 33.8 Å². The van der Waals surface area contributed by atoms with Gasteiger partial charge in [0.1, 0.15) is 0 Å². The number of ether oxygens (including phenoxy) is 1. The molecule has 1 aromatic carbocycles. The van der Waals surface area contributed by atoms with Crippen molar-refractivity contribution in [1.29, 1.82) is 0 Å². The fourth-order valence-corrected chi connectivity index (χ4v) is 3.52. The number of halogens is 2. The quantitative estimate of drug-likeness (QED) is 0.912. The van der Waals surface area contributed by atoms with Gasteiger partial charge in [0.25, 0.3) is 0 Å². The molecule has 1 aromatic rings. The third-order valence-corrected chi connectivity index (χ3v) is 4.80. The average molecular weight is 344 g/mol. The Morgan fingerprint density at radius 1 is 1.43 bits per heavy atom. The zero-order valence-corrected chi connectivity index (χ0v) is 13.6. The van der Waals surface area contributed by atoms with Crippen LogP contribution in [0, 0.1) is 0 Å². The molecule has 0 aliphatic carbocycles. The van der Waals surface area contributed by atoms with Crippen LogP contribution in [0.2, 0.25) is 10.0 Å². The number of thioether (sulfide) groups is 1. The molecule has 2 heterocycles. The molecule has 1 fully saturated rings. The summed E-state index contributed by atoms with van der Waals surface area (Å²) in [5.41, 5.74) is 4.79. The van der Waals surface area contributed by atoms with E-state index < -0.39 is 0 Å². The number of benzene rings is 1. The Balaban J connectivity index is 1.64. The van der Waals surface area contributed by atoms with Crippen LogP contribution in [-0.4, -0.2) is 35.9 Å². The lowest BCUT2D eigenvalue weighted by atomic mass is 10.1. The maximum atomic E-state index is 6.20. The number of hydrogen-bond acceptors (Lipinski definition) is 4. The molecule has 21 heavy (non-hydrogen) atoms. The molecule has 4 nitrogen and oxygen atoms in total. The summed E-state index contributed by atoms with van der Waals surface area (Å²) in [6.07, 6.45) is 2.49. The van der Waals surface area contributed by atoms with Gasteiger partial charge in [0.05, 0.1) is 23.4 Å². The van der Waals surface area contributed by atoms with Crippen molar-refractivity contribution >= 4 is 45.8 Å². The number of hydrazone groups is 1. The van der Waals surface area contributed by atoms with Crippen molar-refractivity contribution in [1.82, 2.24) is 5.43 Å². The van der Waals surface area contributed by atoms with Gasteiger partial charge in [-0.3, -0.25) is 10.4 Å². The highest BCUT2D eigenvalue weighted by Gasteiger charge is 2.18. The highest BCUT2D eigenvalue weighted by atomic mass is 35.5. The Kier molecular flexibility index (Phi) is 5.06. The number of amidine groups is 1. The Bertz CT molecular complexity index is 586. The Morgan fingerprint density at radius 3 is 3.00 bits per heavy atom. The Morgan fingerprint density at radius 2 is 2.33 bits per heavy atom. The summed E-state index contributed by atoms with van der Waals surface area (Å²) in [6, 6.07) is 5.43. The Hall–Kier alpha value is -0.750. The lowest BCUT2D eigenvalue weighted by molar-refractivity contribution is 0.118. The Labute approximate surface area is 137 Å². The van der Waals surface area contributed by atoms with Crippen LogP contribution in [0.15, 0.2) is 28.3 Å². The third-order valence-electron chi connectivity index (χ3n) is 3.34. The van der Waals surface area contributed by atoms with E-state index in [1.807, 2.05) is 12.1 Å². The van der Waals surface area contributed by atoms with Crippen LogP contribution in [0.5, 0.6) is 0 Å². The molecule has 2 aliphatic heterocycles. The third kappa shape index (κ3) is 3.92. The molecule has 2 aliphatic rings. The van der Waals surface area contributed by atoms with Crippen molar-refractivity contribution < 1.29 is 4.74 Å². The second-order valence-corrected chi connectivity index (χ2v) is 6.67. The van der Waals surface area contributed by atoms with Gasteiger partial charge in [0.15, 0.2) is 5.17 Å². The molecule has 0 unspecified atom stereocenters. The number of rotatable bonds is 3. The first-order valence-corrected chi connectivity index (χ1v) is 8.53. The molecule has 0 amide bonds. The van der Waals surface area contributed by atoms with E-state index in [-0.39, 0.29) is 6.10 Å². The number of hydrogen-bond donors (Lipinski definition) is 1. The first-order chi connectivity index (χ1) is 10.2. The fourth-order valence-electron chi connectivity index (χ4n) is 2.23. The van der Waals surface area contributed by atoms with Gasteiger partial charge in [-0.25, -0.2) is 0 Å². The minimum absolute atomic E-state index is 0.260. The van der Waals surface area contributed by atoms with E-state index in [2.05, 4.69) is 15.5 Å². The molecular formula is C14H15Cl2N3OS. The minimum Gasteiger partial charge on any atom is -0.376 e. The zero-order chi connectivity index (χ0) is 14.7. The van der Waals surface area contributed by atoms with E-state index in [0.717, 1.165) is 41.6 Å². The van der Waals surface area contributed by atoms with E-state index in [0.29, 0.717) is 16.6 Å². The van der Waals surface area contributed by atoms with Crippen LogP contribution in [0.3, 0.4) is 0 Å². The number of nitrogens with zero attached hydrogens (tertiary/aromatic N) is 2. The highest BCUT2D eigenvalue weighted by molar-refractivity contribution is 8.14. The lowest BCUT2D eigenvalue weighted by Crippen LogP contribution is -2.26. The zero-order valence-electron chi connectivity index (χ0n) is 11.3. The van der Waals surface area contributed by atoms with Crippen LogP contribution in [0.4, 0.5) is 0 Å². The maximum absolute atomic E-state index is 6.20. The molecule has 1 N–H and O–H groups in total. The van der Waals surface area contributed by atoms with Gasteiger partial charge in [-0.05, 0) is 25.0 Å². The van der Waals surface area contributed by atoms with E-state index in [1.165, 1.54) is 0 Å². The van der Waals surface area contributed by atoms with Crippen LogP contribution in [0.1, 0.15) is 18.4 Å². The number of aliphatic imine (C=N–C) groups is 1. The van der Waals surface area contributed by atoms with Gasteiger partial charge < -0.3 is 4.74 Å². The van der Waals surface area contributed by atoms with Gasteiger partial charge in [0, 0.05) is 22.9 Å². The van der Waals surface area contributed by atoms with E-state index >= 15 is 0 Å². The minimum atomic E-state index is 0.260. The topological polar surface area (TPSA) is 46.0 Å². The van der Waals surface area contributed by atoms with Crippen molar-refractivity contribution in [2.45, 2.75) is 18.9 Å². The van der Waals surface area contributed by atoms with Crippen molar-refractivity contribution in [3.8, 4) is 0 Å². The molecule has 112 valence electrons. The summed E-state index contributed by atoms with van der Waals surface area (Å²) in [6.45, 7) is 1.55. The van der Waals surface area contributed by atoms with Crippen LogP contribution in [-0.2, 0) is 4.74 Å². The average Bonchev–Trinajstić information content (AvgIpc) is 2.99. The van der Waals surface area contributed by atoms with Crippen LogP contribution in [0.25, 0.3) is 0 Å². The fraction of sp³-hybridized carbons (Fsp3) is 0.429. The first-order valence-electron chi connectivity index (χ1n) is 6.79. The predicted octanol–water partition coefficient (Wildman–Crippen LogP) is 3.57. The molecule has 0 saturated carbocycles. The second-order valence-electron chi connectivity index (χ2n) is 4.86. The molecule has 7 heteroatoms. The van der Waals surface area contributed by atoms with E-state index in [1.54, 1.807) is 17.8 Å². The van der Waals surface area contributed by atoms with Gasteiger partial charge in [0.2, 0.25) is 0 Å². The van der Waals surface area contributed by atoms with Gasteiger partial charge in [-0.1, -0.05) is 41.0 Å². The van der Waals surface area contributed by atoms with E-state index in [9.17, 15) is 0 Å². The summed E-state index contributed by atoms with van der Waals surface area (Å²) in [5, 5.41) is 6.44. The van der Waals surface area contributed by atoms with Crippen molar-refractivity contribution in [2.75, 3.05) is 18.9 Å². The maximum Gasteiger partial charge on any atom is 0.177 e. The second kappa shape index (κ2) is 7.01. The molecule has 1 saturated heterocycles. The lowest BCUT2D eigenvalue weighted by Gasteiger charge is -2.16. The summed E-state index contributed by atoms with van der Waals surface area (Å²) in [5.74, 6) is 0.735. The summed E-state index contributed by atoms with van der Waals surface area (Å²) in [4.78, 5) is 4.51. The molecule has 0 bridgehead atoms. The van der Waals surface area contributed by atoms with Gasteiger partial charge >= 0.3 is 0 Å². The highest BCUT2D eigenvalue weighted by Crippen LogP contribution is 2.24. The summed E-state index contributed by atoms with van der Waals surface area (Å²) < 4.78 is 5.55. The van der Waals surface area contributed by atoms with Crippen LogP contribution < -0.4 is 5.43 Å². The van der Waals surface area contributed by atoms with E-state index in [4.69, 9.17) is 27.9 Å². The molecule has 0 aromatic heterocycles.